The first-order valence-corrected chi connectivity index (χ1v) is 18.9. The molecular weight excluding hydrogens is 655 g/mol. The predicted octanol–water partition coefficient (Wildman–Crippen LogP) is 13.7. The van der Waals surface area contributed by atoms with Crippen LogP contribution in [0.1, 0.15) is 47.2 Å². The summed E-state index contributed by atoms with van der Waals surface area (Å²) in [6, 6.07) is 65.2. The molecule has 12 rings (SSSR count). The summed E-state index contributed by atoms with van der Waals surface area (Å²) < 4.78 is 6.50. The van der Waals surface area contributed by atoms with Crippen molar-refractivity contribution in [2.45, 2.75) is 24.7 Å². The van der Waals surface area contributed by atoms with Crippen LogP contribution in [-0.2, 0) is 10.8 Å². The summed E-state index contributed by atoms with van der Waals surface area (Å²) in [6.45, 7) is 4.71. The number of nitrogens with zero attached hydrogens (tertiary/aromatic N) is 1. The first kappa shape index (κ1) is 29.9. The van der Waals surface area contributed by atoms with Gasteiger partial charge in [0.2, 0.25) is 0 Å². The largest absolute Gasteiger partial charge is 0.456 e. The molecule has 3 aliphatic carbocycles. The first-order chi connectivity index (χ1) is 26.5. The van der Waals surface area contributed by atoms with E-state index < -0.39 is 5.41 Å². The number of benzene rings is 8. The Morgan fingerprint density at radius 2 is 0.926 bits per heavy atom. The summed E-state index contributed by atoms with van der Waals surface area (Å²) in [7, 11) is 0. The van der Waals surface area contributed by atoms with Crippen LogP contribution >= 0.6 is 0 Å². The molecule has 2 heteroatoms. The summed E-state index contributed by atoms with van der Waals surface area (Å²) >= 11 is 0. The lowest BCUT2D eigenvalue weighted by Gasteiger charge is -2.33. The third-order valence-corrected chi connectivity index (χ3v) is 12.7. The highest BCUT2D eigenvalue weighted by molar-refractivity contribution is 6.06. The summed E-state index contributed by atoms with van der Waals surface area (Å²) in [4.78, 5) is 2.43. The first-order valence-electron chi connectivity index (χ1n) is 18.9. The fourth-order valence-electron chi connectivity index (χ4n) is 10.4. The highest BCUT2D eigenvalue weighted by atomic mass is 16.3. The normalized spacial score (nSPS) is 14.8. The Kier molecular flexibility index (Phi) is 5.81. The SMILES string of the molecule is CC1(C)c2ccccc2-c2ccc(N(c3cccc(C45c6ccccc6-c6cccc(c64)-c4ccccc45)c3)c3ccc4c(c3)oc3ccccc34)cc21. The van der Waals surface area contributed by atoms with Gasteiger partial charge in [0, 0.05) is 39.3 Å². The Balaban J connectivity index is 1.11. The van der Waals surface area contributed by atoms with Crippen LogP contribution < -0.4 is 4.90 Å². The van der Waals surface area contributed by atoms with Crippen molar-refractivity contribution < 1.29 is 4.42 Å². The van der Waals surface area contributed by atoms with Gasteiger partial charge in [0.25, 0.3) is 0 Å². The third-order valence-electron chi connectivity index (χ3n) is 12.7. The number of para-hydroxylation sites is 1. The molecule has 8 aromatic carbocycles. The zero-order valence-corrected chi connectivity index (χ0v) is 30.1. The van der Waals surface area contributed by atoms with Gasteiger partial charge in [-0.3, -0.25) is 0 Å². The van der Waals surface area contributed by atoms with E-state index in [0.717, 1.165) is 39.0 Å². The van der Waals surface area contributed by atoms with Crippen LogP contribution in [0.5, 0.6) is 0 Å². The molecule has 2 nitrogen and oxygen atoms in total. The van der Waals surface area contributed by atoms with Gasteiger partial charge in [-0.1, -0.05) is 141 Å². The van der Waals surface area contributed by atoms with Gasteiger partial charge in [0.15, 0.2) is 0 Å². The predicted molar refractivity (Wildman–Crippen MR) is 222 cm³/mol. The Labute approximate surface area is 314 Å². The molecule has 0 spiro atoms. The molecule has 3 aliphatic rings. The highest BCUT2D eigenvalue weighted by Gasteiger charge is 2.52. The molecule has 0 saturated carbocycles. The minimum Gasteiger partial charge on any atom is -0.456 e. The van der Waals surface area contributed by atoms with Crippen molar-refractivity contribution in [2.75, 3.05) is 4.90 Å². The molecule has 0 N–H and O–H groups in total. The lowest BCUT2D eigenvalue weighted by Crippen LogP contribution is -2.26. The van der Waals surface area contributed by atoms with E-state index in [-0.39, 0.29) is 5.41 Å². The molecule has 54 heavy (non-hydrogen) atoms. The number of anilines is 3. The monoisotopic (exact) mass is 689 g/mol. The molecule has 254 valence electrons. The lowest BCUT2D eigenvalue weighted by molar-refractivity contribution is 0.660. The standard InChI is InChI=1S/C52H35NO/c1-51(2)44-21-7-3-15-36(44)39-27-25-34(30-47(39)51)53(35-26-28-41-40-18-6-10-24-48(40)54-49(41)31-35)33-14-11-13-32(29-33)52-45-22-8-4-16-37(45)42-19-12-20-43(50(42)52)38-17-5-9-23-46(38)52/h3-31H,1-2H3. The summed E-state index contributed by atoms with van der Waals surface area (Å²) in [5, 5.41) is 2.26. The smallest absolute Gasteiger partial charge is 0.137 e. The van der Waals surface area contributed by atoms with Crippen LogP contribution in [0.4, 0.5) is 17.1 Å². The molecule has 1 heterocycles. The molecule has 0 saturated heterocycles. The van der Waals surface area contributed by atoms with E-state index in [0.29, 0.717) is 0 Å². The van der Waals surface area contributed by atoms with E-state index in [1.807, 2.05) is 6.07 Å². The van der Waals surface area contributed by atoms with Gasteiger partial charge in [-0.05, 0) is 109 Å². The van der Waals surface area contributed by atoms with Crippen LogP contribution in [0.2, 0.25) is 0 Å². The van der Waals surface area contributed by atoms with Gasteiger partial charge in [-0.25, -0.2) is 0 Å². The molecule has 0 fully saturated rings. The van der Waals surface area contributed by atoms with E-state index in [1.54, 1.807) is 0 Å². The molecule has 0 atom stereocenters. The van der Waals surface area contributed by atoms with Crippen LogP contribution in [0.25, 0.3) is 55.3 Å². The number of hydrogen-bond donors (Lipinski definition) is 0. The maximum Gasteiger partial charge on any atom is 0.137 e. The Hall–Kier alpha value is -6.64. The van der Waals surface area contributed by atoms with E-state index in [2.05, 4.69) is 189 Å². The molecular formula is C52H35NO. The van der Waals surface area contributed by atoms with Crippen molar-refractivity contribution >= 4 is 39.0 Å². The van der Waals surface area contributed by atoms with Gasteiger partial charge in [-0.15, -0.1) is 0 Å². The van der Waals surface area contributed by atoms with Crippen molar-refractivity contribution in [1.82, 2.24) is 0 Å². The molecule has 1 aromatic heterocycles. The minimum atomic E-state index is -0.426. The van der Waals surface area contributed by atoms with E-state index in [4.69, 9.17) is 4.42 Å². The van der Waals surface area contributed by atoms with Gasteiger partial charge < -0.3 is 9.32 Å². The lowest BCUT2D eigenvalue weighted by atomic mass is 9.70. The fourth-order valence-corrected chi connectivity index (χ4v) is 10.4. The molecule has 0 radical (unpaired) electrons. The van der Waals surface area contributed by atoms with E-state index >= 15 is 0 Å². The van der Waals surface area contributed by atoms with Gasteiger partial charge in [0.05, 0.1) is 5.41 Å². The molecule has 9 aromatic rings. The number of furan rings is 1. The second-order valence-corrected chi connectivity index (χ2v) is 15.6. The van der Waals surface area contributed by atoms with Crippen molar-refractivity contribution in [2.24, 2.45) is 0 Å². The quantitative estimate of drug-likeness (QED) is 0.183. The topological polar surface area (TPSA) is 16.4 Å². The van der Waals surface area contributed by atoms with Gasteiger partial charge >= 0.3 is 0 Å². The zero-order valence-electron chi connectivity index (χ0n) is 30.1. The number of rotatable bonds is 4. The van der Waals surface area contributed by atoms with Crippen LogP contribution in [-0.4, -0.2) is 0 Å². The maximum atomic E-state index is 6.50. The molecule has 0 aliphatic heterocycles. The zero-order chi connectivity index (χ0) is 35.8. The summed E-state index contributed by atoms with van der Waals surface area (Å²) in [5.41, 5.74) is 20.6. The van der Waals surface area contributed by atoms with Crippen LogP contribution in [0, 0.1) is 0 Å². The Morgan fingerprint density at radius 1 is 0.389 bits per heavy atom. The van der Waals surface area contributed by atoms with E-state index in [9.17, 15) is 0 Å². The Morgan fingerprint density at radius 3 is 1.69 bits per heavy atom. The van der Waals surface area contributed by atoms with Crippen molar-refractivity contribution in [3.63, 3.8) is 0 Å². The number of fused-ring (bicyclic) bond motifs is 12. The van der Waals surface area contributed by atoms with Crippen molar-refractivity contribution in [3.05, 3.63) is 209 Å². The van der Waals surface area contributed by atoms with Gasteiger partial charge in [0.1, 0.15) is 11.2 Å². The van der Waals surface area contributed by atoms with E-state index in [1.165, 1.54) is 66.8 Å². The fraction of sp³-hybridized carbons (Fsp3) is 0.0769. The average molecular weight is 690 g/mol. The molecule has 0 amide bonds. The van der Waals surface area contributed by atoms with Crippen molar-refractivity contribution in [1.29, 1.82) is 0 Å². The summed E-state index contributed by atoms with van der Waals surface area (Å²) in [6.07, 6.45) is 0. The van der Waals surface area contributed by atoms with Gasteiger partial charge in [-0.2, -0.15) is 0 Å². The molecule has 0 bridgehead atoms. The maximum absolute atomic E-state index is 6.50. The van der Waals surface area contributed by atoms with Crippen molar-refractivity contribution in [3.8, 4) is 33.4 Å². The summed E-state index contributed by atoms with van der Waals surface area (Å²) in [5.74, 6) is 0. The average Bonchev–Trinajstić information content (AvgIpc) is 3.91. The number of hydrogen-bond acceptors (Lipinski definition) is 2. The molecule has 0 unspecified atom stereocenters. The van der Waals surface area contributed by atoms with Crippen LogP contribution in [0.3, 0.4) is 0 Å². The second-order valence-electron chi connectivity index (χ2n) is 15.6. The highest BCUT2D eigenvalue weighted by Crippen LogP contribution is 2.64. The van der Waals surface area contributed by atoms with Crippen LogP contribution in [0.15, 0.2) is 180 Å². The second kappa shape index (κ2) is 10.5. The minimum absolute atomic E-state index is 0.127. The third kappa shape index (κ3) is 3.70. The Bertz CT molecular complexity index is 2990.